The lowest BCUT2D eigenvalue weighted by atomic mass is 9.85. The van der Waals surface area contributed by atoms with Gasteiger partial charge in [-0.05, 0) is 45.6 Å². The van der Waals surface area contributed by atoms with Crippen LogP contribution in [0.15, 0.2) is 12.4 Å². The fourth-order valence-corrected chi connectivity index (χ4v) is 4.61. The van der Waals surface area contributed by atoms with E-state index in [0.29, 0.717) is 47.6 Å². The van der Waals surface area contributed by atoms with Gasteiger partial charge in [0, 0.05) is 24.3 Å². The van der Waals surface area contributed by atoms with Crippen molar-refractivity contribution < 1.29 is 9.47 Å². The quantitative estimate of drug-likeness (QED) is 0.634. The molecule has 1 unspecified atom stereocenters. The van der Waals surface area contributed by atoms with E-state index in [1.54, 1.807) is 0 Å². The normalized spacial score (nSPS) is 15.7. The first-order valence-electron chi connectivity index (χ1n) is 10.4. The highest BCUT2D eigenvalue weighted by atomic mass is 35.5. The lowest BCUT2D eigenvalue weighted by Crippen LogP contribution is -2.19. The van der Waals surface area contributed by atoms with E-state index in [0.717, 1.165) is 35.0 Å². The molecule has 0 radical (unpaired) electrons. The van der Waals surface area contributed by atoms with Crippen molar-refractivity contribution in [3.05, 3.63) is 39.8 Å². The third kappa shape index (κ3) is 3.68. The van der Waals surface area contributed by atoms with Crippen LogP contribution in [0.25, 0.3) is 11.0 Å². The number of anilines is 1. The first-order chi connectivity index (χ1) is 15.0. The number of benzene rings is 1. The Morgan fingerprint density at radius 1 is 1.39 bits per heavy atom. The van der Waals surface area contributed by atoms with E-state index in [2.05, 4.69) is 16.0 Å². The monoisotopic (exact) mass is 440 g/mol. The Kier molecular flexibility index (Phi) is 5.99. The largest absolute Gasteiger partial charge is 0.493 e. The van der Waals surface area contributed by atoms with Crippen molar-refractivity contribution in [1.29, 1.82) is 5.26 Å². The molecule has 3 heterocycles. The Morgan fingerprint density at radius 2 is 2.13 bits per heavy atom. The molecule has 0 saturated carbocycles. The summed E-state index contributed by atoms with van der Waals surface area (Å²) in [7, 11) is 0. The van der Waals surface area contributed by atoms with E-state index < -0.39 is 0 Å². The second-order valence-corrected chi connectivity index (χ2v) is 8.07. The average Bonchev–Trinajstić information content (AvgIpc) is 3.12. The molecular formula is C22H25ClN6O2. The highest BCUT2D eigenvalue weighted by Crippen LogP contribution is 2.44. The van der Waals surface area contributed by atoms with Gasteiger partial charge in [0.2, 0.25) is 0 Å². The van der Waals surface area contributed by atoms with Crippen LogP contribution in [0.1, 0.15) is 61.0 Å². The standard InChI is InChI=1S/C22H25ClN6O2/c1-4-31-20-15(9-17(23)16(10-24)19(20)14-5-7-30-8-6-14)13(3)29-22-18(12(2)28-29)21(25)26-11-27-22/h9,11,13-14H,4-8H2,1-3H3,(H2,25,26,27). The van der Waals surface area contributed by atoms with Gasteiger partial charge in [-0.3, -0.25) is 0 Å². The molecule has 1 aliphatic rings. The fourth-order valence-electron chi connectivity index (χ4n) is 4.35. The summed E-state index contributed by atoms with van der Waals surface area (Å²) in [6.45, 7) is 7.60. The summed E-state index contributed by atoms with van der Waals surface area (Å²) < 4.78 is 13.5. The van der Waals surface area contributed by atoms with Gasteiger partial charge >= 0.3 is 0 Å². The predicted octanol–water partition coefficient (Wildman–Crippen LogP) is 4.14. The second kappa shape index (κ2) is 8.69. The summed E-state index contributed by atoms with van der Waals surface area (Å²) >= 11 is 6.62. The maximum Gasteiger partial charge on any atom is 0.164 e. The van der Waals surface area contributed by atoms with Gasteiger partial charge in [-0.1, -0.05) is 11.6 Å². The lowest BCUT2D eigenvalue weighted by molar-refractivity contribution is 0.0845. The number of nitrogens with zero attached hydrogens (tertiary/aromatic N) is 5. The molecule has 1 fully saturated rings. The SMILES string of the molecule is CCOc1c(C(C)n2nc(C)c3c(N)ncnc32)cc(Cl)c(C#N)c1C1CCOCC1. The smallest absolute Gasteiger partial charge is 0.164 e. The molecule has 0 bridgehead atoms. The Bertz CT molecular complexity index is 1160. The van der Waals surface area contributed by atoms with Crippen LogP contribution in [0.3, 0.4) is 0 Å². The van der Waals surface area contributed by atoms with Gasteiger partial charge in [0.05, 0.1) is 34.3 Å². The summed E-state index contributed by atoms with van der Waals surface area (Å²) in [5.41, 5.74) is 9.66. The van der Waals surface area contributed by atoms with Crippen molar-refractivity contribution in [2.45, 2.75) is 45.6 Å². The van der Waals surface area contributed by atoms with E-state index in [1.165, 1.54) is 6.33 Å². The Morgan fingerprint density at radius 3 is 2.81 bits per heavy atom. The molecule has 31 heavy (non-hydrogen) atoms. The van der Waals surface area contributed by atoms with Crippen molar-refractivity contribution >= 4 is 28.5 Å². The van der Waals surface area contributed by atoms with Gasteiger partial charge in [-0.2, -0.15) is 10.4 Å². The number of hydrogen-bond donors (Lipinski definition) is 1. The van der Waals surface area contributed by atoms with E-state index in [9.17, 15) is 5.26 Å². The zero-order valence-electron chi connectivity index (χ0n) is 17.9. The van der Waals surface area contributed by atoms with Gasteiger partial charge in [-0.15, -0.1) is 0 Å². The molecular weight excluding hydrogens is 416 g/mol. The number of nitrogens with two attached hydrogens (primary N) is 1. The Labute approximate surface area is 185 Å². The molecule has 0 spiro atoms. The van der Waals surface area contributed by atoms with Crippen LogP contribution in [0.2, 0.25) is 5.02 Å². The summed E-state index contributed by atoms with van der Waals surface area (Å²) in [6, 6.07) is 3.85. The Balaban J connectivity index is 1.93. The van der Waals surface area contributed by atoms with Crippen LogP contribution >= 0.6 is 11.6 Å². The van der Waals surface area contributed by atoms with E-state index in [-0.39, 0.29) is 12.0 Å². The molecule has 8 nitrogen and oxygen atoms in total. The van der Waals surface area contributed by atoms with E-state index in [4.69, 9.17) is 31.9 Å². The predicted molar refractivity (Wildman–Crippen MR) is 118 cm³/mol. The second-order valence-electron chi connectivity index (χ2n) is 7.66. The van der Waals surface area contributed by atoms with Gasteiger partial charge in [0.1, 0.15) is 24.0 Å². The van der Waals surface area contributed by atoms with Gasteiger partial charge in [0.25, 0.3) is 0 Å². The summed E-state index contributed by atoms with van der Waals surface area (Å²) in [5, 5.41) is 15.7. The fraction of sp³-hybridized carbons (Fsp3) is 0.455. The van der Waals surface area contributed by atoms with Crippen LogP contribution in [-0.4, -0.2) is 39.6 Å². The van der Waals surface area contributed by atoms with Crippen molar-refractivity contribution in [2.24, 2.45) is 0 Å². The zero-order chi connectivity index (χ0) is 22.1. The molecule has 2 N–H and O–H groups in total. The number of hydrogen-bond acceptors (Lipinski definition) is 7. The van der Waals surface area contributed by atoms with Gasteiger partial charge < -0.3 is 15.2 Å². The molecule has 162 valence electrons. The maximum absolute atomic E-state index is 9.87. The van der Waals surface area contributed by atoms with Crippen LogP contribution in [0, 0.1) is 18.3 Å². The van der Waals surface area contributed by atoms with Crippen LogP contribution in [0.4, 0.5) is 5.82 Å². The topological polar surface area (TPSA) is 112 Å². The molecule has 1 atom stereocenters. The van der Waals surface area contributed by atoms with Gasteiger partial charge in [-0.25, -0.2) is 14.6 Å². The molecule has 3 aromatic rings. The number of fused-ring (bicyclic) bond motifs is 1. The minimum absolute atomic E-state index is 0.142. The van der Waals surface area contributed by atoms with Crippen LogP contribution < -0.4 is 10.5 Å². The summed E-state index contributed by atoms with van der Waals surface area (Å²) in [6.07, 6.45) is 3.07. The number of nitrogen functional groups attached to an aromatic ring is 1. The molecule has 4 rings (SSSR count). The molecule has 0 aliphatic carbocycles. The van der Waals surface area contributed by atoms with Crippen LogP contribution in [0.5, 0.6) is 5.75 Å². The van der Waals surface area contributed by atoms with Gasteiger partial charge in [0.15, 0.2) is 5.65 Å². The zero-order valence-corrected chi connectivity index (χ0v) is 18.6. The number of nitriles is 1. The first kappa shape index (κ1) is 21.3. The van der Waals surface area contributed by atoms with Crippen molar-refractivity contribution in [3.8, 4) is 11.8 Å². The highest BCUT2D eigenvalue weighted by Gasteiger charge is 2.30. The minimum Gasteiger partial charge on any atom is -0.493 e. The highest BCUT2D eigenvalue weighted by molar-refractivity contribution is 6.32. The average molecular weight is 441 g/mol. The van der Waals surface area contributed by atoms with E-state index in [1.807, 2.05) is 31.5 Å². The first-order valence-corrected chi connectivity index (χ1v) is 10.8. The summed E-state index contributed by atoms with van der Waals surface area (Å²) in [4.78, 5) is 8.51. The number of rotatable bonds is 5. The lowest BCUT2D eigenvalue weighted by Gasteiger charge is -2.28. The Hall–Kier alpha value is -2.89. The molecule has 1 saturated heterocycles. The van der Waals surface area contributed by atoms with Crippen molar-refractivity contribution in [3.63, 3.8) is 0 Å². The molecule has 2 aromatic heterocycles. The van der Waals surface area contributed by atoms with Crippen molar-refractivity contribution in [1.82, 2.24) is 19.7 Å². The summed E-state index contributed by atoms with van der Waals surface area (Å²) in [5.74, 6) is 1.24. The molecule has 9 heteroatoms. The number of halogens is 1. The number of aromatic nitrogens is 4. The maximum atomic E-state index is 9.87. The number of aryl methyl sites for hydroxylation is 1. The third-order valence-corrected chi connectivity index (χ3v) is 6.14. The molecule has 1 aliphatic heterocycles. The van der Waals surface area contributed by atoms with Crippen LogP contribution in [-0.2, 0) is 4.74 Å². The van der Waals surface area contributed by atoms with Crippen molar-refractivity contribution in [2.75, 3.05) is 25.6 Å². The van der Waals surface area contributed by atoms with E-state index >= 15 is 0 Å². The minimum atomic E-state index is -0.254. The third-order valence-electron chi connectivity index (χ3n) is 5.84. The number of ether oxygens (including phenoxy) is 2. The molecule has 1 aromatic carbocycles. The molecule has 0 amide bonds.